The molecule has 0 atom stereocenters. The van der Waals surface area contributed by atoms with Gasteiger partial charge in [0.25, 0.3) is 10.0 Å². The quantitative estimate of drug-likeness (QED) is 0.846. The largest absolute Gasteiger partial charge is 0.495 e. The average Bonchev–Trinajstić information content (AvgIpc) is 2.43. The molecule has 21 heavy (non-hydrogen) atoms. The lowest BCUT2D eigenvalue weighted by atomic mass is 10.2. The summed E-state index contributed by atoms with van der Waals surface area (Å²) < 4.78 is 32.2. The third-order valence-electron chi connectivity index (χ3n) is 2.95. The van der Waals surface area contributed by atoms with Crippen molar-refractivity contribution in [1.82, 2.24) is 0 Å². The van der Waals surface area contributed by atoms with Gasteiger partial charge in [-0.3, -0.25) is 4.72 Å². The van der Waals surface area contributed by atoms with Gasteiger partial charge in [0.1, 0.15) is 5.75 Å². The smallest absolute Gasteiger partial charge is 0.261 e. The highest BCUT2D eigenvalue weighted by Crippen LogP contribution is 2.28. The number of sulfonamides is 1. The molecule has 7 heteroatoms. The Hall–Kier alpha value is -1.92. The Morgan fingerprint density at radius 3 is 2.52 bits per heavy atom. The maximum Gasteiger partial charge on any atom is 0.261 e. The number of nitrogens with one attached hydrogen (secondary N) is 1. The van der Waals surface area contributed by atoms with Crippen molar-refractivity contribution < 1.29 is 13.2 Å². The van der Waals surface area contributed by atoms with E-state index >= 15 is 0 Å². The molecule has 0 spiro atoms. The van der Waals surface area contributed by atoms with E-state index in [-0.39, 0.29) is 4.90 Å². The Labute approximate surface area is 128 Å². The van der Waals surface area contributed by atoms with Gasteiger partial charge in [-0.1, -0.05) is 11.6 Å². The van der Waals surface area contributed by atoms with Gasteiger partial charge < -0.3 is 10.5 Å². The van der Waals surface area contributed by atoms with E-state index in [2.05, 4.69) is 4.72 Å². The molecule has 112 valence electrons. The first-order valence-electron chi connectivity index (χ1n) is 6.06. The fourth-order valence-corrected chi connectivity index (χ4v) is 3.08. The maximum absolute atomic E-state index is 12.3. The number of halogens is 1. The first-order chi connectivity index (χ1) is 9.83. The van der Waals surface area contributed by atoms with Gasteiger partial charge >= 0.3 is 0 Å². The Morgan fingerprint density at radius 1 is 1.19 bits per heavy atom. The van der Waals surface area contributed by atoms with Crippen LogP contribution in [0.2, 0.25) is 5.02 Å². The van der Waals surface area contributed by atoms with Gasteiger partial charge in [0.05, 0.1) is 22.7 Å². The maximum atomic E-state index is 12.3. The van der Waals surface area contributed by atoms with Crippen molar-refractivity contribution in [2.45, 2.75) is 11.8 Å². The Morgan fingerprint density at radius 2 is 1.90 bits per heavy atom. The number of anilines is 2. The fraction of sp³-hybridized carbons (Fsp3) is 0.143. The molecule has 0 aliphatic carbocycles. The lowest BCUT2D eigenvalue weighted by Gasteiger charge is -2.11. The molecule has 0 unspecified atom stereocenters. The topological polar surface area (TPSA) is 81.4 Å². The summed E-state index contributed by atoms with van der Waals surface area (Å²) in [6.45, 7) is 1.75. The summed E-state index contributed by atoms with van der Waals surface area (Å²) in [7, 11) is -2.23. The number of benzene rings is 2. The van der Waals surface area contributed by atoms with Gasteiger partial charge in [0.2, 0.25) is 0 Å². The molecule has 0 saturated heterocycles. The van der Waals surface area contributed by atoms with Crippen LogP contribution in [0.25, 0.3) is 0 Å². The Balaban J connectivity index is 2.35. The second kappa shape index (κ2) is 5.83. The number of nitrogen functional groups attached to an aromatic ring is 1. The van der Waals surface area contributed by atoms with E-state index in [1.165, 1.54) is 25.3 Å². The van der Waals surface area contributed by atoms with Gasteiger partial charge in [-0.2, -0.15) is 0 Å². The van der Waals surface area contributed by atoms with Crippen molar-refractivity contribution in [3.05, 3.63) is 47.0 Å². The summed E-state index contributed by atoms with van der Waals surface area (Å²) in [6, 6.07) is 9.18. The molecule has 0 fully saturated rings. The van der Waals surface area contributed by atoms with Gasteiger partial charge in [-0.15, -0.1) is 0 Å². The molecule has 3 N–H and O–H groups in total. The Bertz CT molecular complexity index is 776. The lowest BCUT2D eigenvalue weighted by molar-refractivity contribution is 0.415. The van der Waals surface area contributed by atoms with Crippen LogP contribution in [0.1, 0.15) is 5.56 Å². The number of hydrogen-bond donors (Lipinski definition) is 2. The summed E-state index contributed by atoms with van der Waals surface area (Å²) in [5.74, 6) is 0.394. The minimum absolute atomic E-state index is 0.142. The average molecular weight is 327 g/mol. The van der Waals surface area contributed by atoms with Crippen LogP contribution in [0, 0.1) is 6.92 Å². The van der Waals surface area contributed by atoms with E-state index in [4.69, 9.17) is 22.1 Å². The second-order valence-corrected chi connectivity index (χ2v) is 6.56. The molecule has 2 aromatic rings. The molecule has 2 rings (SSSR count). The van der Waals surface area contributed by atoms with Crippen LogP contribution >= 0.6 is 11.6 Å². The number of hydrogen-bond acceptors (Lipinski definition) is 4. The van der Waals surface area contributed by atoms with Gasteiger partial charge in [0.15, 0.2) is 0 Å². The summed E-state index contributed by atoms with van der Waals surface area (Å²) >= 11 is 5.91. The van der Waals surface area contributed by atoms with Crippen molar-refractivity contribution in [3.8, 4) is 5.75 Å². The highest BCUT2D eigenvalue weighted by atomic mass is 35.5. The second-order valence-electron chi connectivity index (χ2n) is 4.47. The molecule has 0 aliphatic heterocycles. The predicted molar refractivity (Wildman–Crippen MR) is 84.4 cm³/mol. The van der Waals surface area contributed by atoms with Gasteiger partial charge in [-0.25, -0.2) is 8.42 Å². The van der Waals surface area contributed by atoms with Crippen molar-refractivity contribution in [2.75, 3.05) is 17.6 Å². The normalized spacial score (nSPS) is 11.2. The van der Waals surface area contributed by atoms with E-state index < -0.39 is 10.0 Å². The van der Waals surface area contributed by atoms with E-state index in [1.54, 1.807) is 25.1 Å². The van der Waals surface area contributed by atoms with E-state index in [0.717, 1.165) is 0 Å². The monoisotopic (exact) mass is 326 g/mol. The molecule has 0 radical (unpaired) electrons. The molecule has 2 aromatic carbocycles. The summed E-state index contributed by atoms with van der Waals surface area (Å²) in [5, 5.41) is 0.406. The summed E-state index contributed by atoms with van der Waals surface area (Å²) in [5.41, 5.74) is 7.30. The number of aryl methyl sites for hydroxylation is 1. The van der Waals surface area contributed by atoms with Crippen molar-refractivity contribution in [1.29, 1.82) is 0 Å². The summed E-state index contributed by atoms with van der Waals surface area (Å²) in [6.07, 6.45) is 0. The van der Waals surface area contributed by atoms with Crippen LogP contribution in [0.4, 0.5) is 11.4 Å². The molecule has 0 saturated carbocycles. The highest BCUT2D eigenvalue weighted by Gasteiger charge is 2.15. The summed E-state index contributed by atoms with van der Waals surface area (Å²) in [4.78, 5) is 0.142. The van der Waals surface area contributed by atoms with Crippen LogP contribution in [-0.2, 0) is 10.0 Å². The molecule has 5 nitrogen and oxygen atoms in total. The first kappa shape index (κ1) is 15.5. The van der Waals surface area contributed by atoms with Crippen LogP contribution < -0.4 is 15.2 Å². The zero-order valence-corrected chi connectivity index (χ0v) is 13.1. The molecule has 0 aromatic heterocycles. The molecule has 0 amide bonds. The number of methoxy groups -OCH3 is 1. The fourth-order valence-electron chi connectivity index (χ4n) is 1.75. The number of rotatable bonds is 4. The van der Waals surface area contributed by atoms with E-state index in [9.17, 15) is 8.42 Å². The number of ether oxygens (including phenoxy) is 1. The van der Waals surface area contributed by atoms with Gasteiger partial charge in [0, 0.05) is 11.8 Å². The molecule has 0 heterocycles. The molecule has 0 aliphatic rings. The molecule has 0 bridgehead atoms. The van der Waals surface area contributed by atoms with Crippen molar-refractivity contribution >= 4 is 33.0 Å². The minimum Gasteiger partial charge on any atom is -0.495 e. The highest BCUT2D eigenvalue weighted by molar-refractivity contribution is 7.92. The minimum atomic E-state index is -3.69. The Kier molecular flexibility index (Phi) is 4.29. The van der Waals surface area contributed by atoms with Crippen LogP contribution in [-0.4, -0.2) is 15.5 Å². The van der Waals surface area contributed by atoms with Gasteiger partial charge in [-0.05, 0) is 42.8 Å². The lowest BCUT2D eigenvalue weighted by Crippen LogP contribution is -2.13. The van der Waals surface area contributed by atoms with Crippen LogP contribution in [0.5, 0.6) is 5.75 Å². The molecular weight excluding hydrogens is 312 g/mol. The number of nitrogens with two attached hydrogens (primary N) is 1. The van der Waals surface area contributed by atoms with Crippen LogP contribution in [0.15, 0.2) is 41.3 Å². The van der Waals surface area contributed by atoms with Crippen molar-refractivity contribution in [2.24, 2.45) is 0 Å². The zero-order valence-electron chi connectivity index (χ0n) is 11.6. The zero-order chi connectivity index (χ0) is 15.6. The van der Waals surface area contributed by atoms with Crippen molar-refractivity contribution in [3.63, 3.8) is 0 Å². The predicted octanol–water partition coefficient (Wildman–Crippen LogP) is 3.04. The first-order valence-corrected chi connectivity index (χ1v) is 7.92. The molecular formula is C14H15ClN2O3S. The standard InChI is InChI=1S/C14H15ClN2O3S/c1-9-7-11(4-6-13(9)16)21(18,19)17-10-3-5-12(15)14(8-10)20-2/h3-8,17H,16H2,1-2H3. The third kappa shape index (κ3) is 3.40. The SMILES string of the molecule is COc1cc(NS(=O)(=O)c2ccc(N)c(C)c2)ccc1Cl. The van der Waals surface area contributed by atoms with E-state index in [0.29, 0.717) is 27.7 Å². The third-order valence-corrected chi connectivity index (χ3v) is 4.65. The van der Waals surface area contributed by atoms with E-state index in [1.807, 2.05) is 0 Å². The van der Waals surface area contributed by atoms with Crippen LogP contribution in [0.3, 0.4) is 0 Å².